The average molecular weight is 673 g/mol. The Kier molecular flexibility index (Phi) is 6.56. The third-order valence-electron chi connectivity index (χ3n) is 6.56. The van der Waals surface area contributed by atoms with Gasteiger partial charge in [-0.25, -0.2) is 4.98 Å². The van der Waals surface area contributed by atoms with Crippen LogP contribution in [-0.2, 0) is 6.61 Å². The lowest BCUT2D eigenvalue weighted by Gasteiger charge is -2.10. The summed E-state index contributed by atoms with van der Waals surface area (Å²) in [5.41, 5.74) is 2.66. The summed E-state index contributed by atoms with van der Waals surface area (Å²) in [6.07, 6.45) is 1.60. The highest BCUT2D eigenvalue weighted by Crippen LogP contribution is 2.34. The van der Waals surface area contributed by atoms with Crippen molar-refractivity contribution in [2.75, 3.05) is 6.79 Å². The van der Waals surface area contributed by atoms with Crippen molar-refractivity contribution in [3.63, 3.8) is 0 Å². The summed E-state index contributed by atoms with van der Waals surface area (Å²) in [7, 11) is 0. The van der Waals surface area contributed by atoms with Gasteiger partial charge < -0.3 is 18.6 Å². The second-order valence-corrected chi connectivity index (χ2v) is 11.0. The highest BCUT2D eigenvalue weighted by molar-refractivity contribution is 9.10. The van der Waals surface area contributed by atoms with Crippen LogP contribution in [0.5, 0.6) is 17.2 Å². The Bertz CT molecular complexity index is 2050. The van der Waals surface area contributed by atoms with Gasteiger partial charge in [-0.3, -0.25) is 4.79 Å². The summed E-state index contributed by atoms with van der Waals surface area (Å²) in [4.78, 5) is 18.3. The summed E-state index contributed by atoms with van der Waals surface area (Å²) in [5, 5.41) is 5.89. The zero-order valence-corrected chi connectivity index (χ0v) is 24.4. The van der Waals surface area contributed by atoms with E-state index in [9.17, 15) is 4.79 Å². The number of aromatic nitrogens is 2. The molecule has 1 aliphatic rings. The molecule has 4 aromatic carbocycles. The molecule has 6 aromatic rings. The Hall–Kier alpha value is -4.41. The van der Waals surface area contributed by atoms with E-state index in [1.165, 1.54) is 4.68 Å². The Morgan fingerprint density at radius 3 is 2.73 bits per heavy atom. The molecule has 7 rings (SSSR count). The maximum absolute atomic E-state index is 13.5. The van der Waals surface area contributed by atoms with E-state index in [1.807, 2.05) is 66.7 Å². The Morgan fingerprint density at radius 2 is 1.83 bits per heavy atom. The molecule has 1 aliphatic heterocycles. The van der Waals surface area contributed by atoms with Crippen molar-refractivity contribution in [2.24, 2.45) is 5.10 Å². The maximum atomic E-state index is 13.5. The van der Waals surface area contributed by atoms with Crippen LogP contribution in [0.15, 0.2) is 108 Å². The third-order valence-corrected chi connectivity index (χ3v) is 7.68. The first-order valence-corrected chi connectivity index (χ1v) is 14.2. The van der Waals surface area contributed by atoms with Crippen molar-refractivity contribution in [2.45, 2.75) is 6.61 Å². The summed E-state index contributed by atoms with van der Waals surface area (Å²) < 4.78 is 25.8. The standard InChI is InChI=1S/C31H19Br2N3O5/c32-21-7-10-25-20(13-21)14-29(41-25)30-35-24-4-2-1-3-22(24)31(37)36(30)34-15-18-5-8-26(23(33)11-18)38-16-19-6-9-27-28(12-19)40-17-39-27/h1-15H,16-17H2. The van der Waals surface area contributed by atoms with Gasteiger partial charge >= 0.3 is 0 Å². The van der Waals surface area contributed by atoms with Crippen molar-refractivity contribution < 1.29 is 18.6 Å². The van der Waals surface area contributed by atoms with Gasteiger partial charge in [0.2, 0.25) is 12.6 Å². The van der Waals surface area contributed by atoms with Gasteiger partial charge in [0, 0.05) is 9.86 Å². The summed E-state index contributed by atoms with van der Waals surface area (Å²) in [6, 6.07) is 26.0. The monoisotopic (exact) mass is 671 g/mol. The van der Waals surface area contributed by atoms with E-state index in [0.717, 1.165) is 31.2 Å². The molecule has 0 bridgehead atoms. The van der Waals surface area contributed by atoms with Crippen LogP contribution in [0.1, 0.15) is 11.1 Å². The lowest BCUT2D eigenvalue weighted by molar-refractivity contribution is 0.174. The predicted octanol–water partition coefficient (Wildman–Crippen LogP) is 7.52. The molecular weight excluding hydrogens is 654 g/mol. The van der Waals surface area contributed by atoms with Crippen LogP contribution in [0.3, 0.4) is 0 Å². The predicted molar refractivity (Wildman–Crippen MR) is 163 cm³/mol. The van der Waals surface area contributed by atoms with E-state index in [4.69, 9.17) is 23.6 Å². The number of fused-ring (bicyclic) bond motifs is 3. The fourth-order valence-corrected chi connectivity index (χ4v) is 5.44. The van der Waals surface area contributed by atoms with Crippen LogP contribution in [0.2, 0.25) is 0 Å². The summed E-state index contributed by atoms with van der Waals surface area (Å²) >= 11 is 7.08. The fraction of sp³-hybridized carbons (Fsp3) is 0.0645. The molecule has 0 unspecified atom stereocenters. The molecule has 0 aliphatic carbocycles. The van der Waals surface area contributed by atoms with Crippen molar-refractivity contribution in [3.05, 3.63) is 115 Å². The molecular formula is C31H19Br2N3O5. The minimum atomic E-state index is -0.300. The summed E-state index contributed by atoms with van der Waals surface area (Å²) in [6.45, 7) is 0.589. The van der Waals surface area contributed by atoms with Gasteiger partial charge in [-0.1, -0.05) is 34.1 Å². The van der Waals surface area contributed by atoms with Crippen molar-refractivity contribution in [1.82, 2.24) is 9.66 Å². The molecule has 0 radical (unpaired) electrons. The van der Waals surface area contributed by atoms with E-state index in [0.29, 0.717) is 46.2 Å². The molecule has 0 fully saturated rings. The number of hydrogen-bond donors (Lipinski definition) is 0. The normalized spacial score (nSPS) is 12.5. The average Bonchev–Trinajstić information content (AvgIpc) is 3.62. The van der Waals surface area contributed by atoms with Gasteiger partial charge in [0.05, 0.1) is 21.6 Å². The SMILES string of the molecule is O=c1c2ccccc2nc(-c2cc3cc(Br)ccc3o2)n1N=Cc1ccc(OCc2ccc3c(c2)OCO3)c(Br)c1. The molecule has 3 heterocycles. The molecule has 41 heavy (non-hydrogen) atoms. The van der Waals surface area contributed by atoms with Gasteiger partial charge in [0.15, 0.2) is 17.3 Å². The Labute approximate surface area is 250 Å². The first-order valence-electron chi connectivity index (χ1n) is 12.6. The number of benzene rings is 4. The van der Waals surface area contributed by atoms with Crippen molar-refractivity contribution in [1.29, 1.82) is 0 Å². The number of nitrogens with zero attached hydrogens (tertiary/aromatic N) is 3. The first-order chi connectivity index (χ1) is 20.0. The highest BCUT2D eigenvalue weighted by atomic mass is 79.9. The quantitative estimate of drug-likeness (QED) is 0.170. The Balaban J connectivity index is 1.20. The molecule has 8 nitrogen and oxygen atoms in total. The molecule has 2 aromatic heterocycles. The van der Waals surface area contributed by atoms with Gasteiger partial charge in [-0.15, -0.1) is 0 Å². The molecule has 0 atom stereocenters. The number of hydrogen-bond acceptors (Lipinski definition) is 7. The number of rotatable bonds is 6. The molecule has 0 N–H and O–H groups in total. The highest BCUT2D eigenvalue weighted by Gasteiger charge is 2.17. The minimum Gasteiger partial charge on any atom is -0.488 e. The van der Waals surface area contributed by atoms with E-state index in [-0.39, 0.29) is 12.4 Å². The van der Waals surface area contributed by atoms with Crippen LogP contribution in [0.25, 0.3) is 33.5 Å². The lowest BCUT2D eigenvalue weighted by atomic mass is 10.2. The lowest BCUT2D eigenvalue weighted by Crippen LogP contribution is -2.20. The minimum absolute atomic E-state index is 0.230. The molecule has 0 saturated heterocycles. The Morgan fingerprint density at radius 1 is 0.951 bits per heavy atom. The van der Waals surface area contributed by atoms with Crippen molar-refractivity contribution in [3.8, 4) is 28.8 Å². The number of furan rings is 1. The van der Waals surface area contributed by atoms with Crippen LogP contribution in [-0.4, -0.2) is 22.7 Å². The van der Waals surface area contributed by atoms with E-state index >= 15 is 0 Å². The topological polar surface area (TPSA) is 88.1 Å². The second kappa shape index (κ2) is 10.5. The van der Waals surface area contributed by atoms with Gasteiger partial charge in [-0.05, 0) is 93.8 Å². The molecule has 10 heteroatoms. The molecule has 0 spiro atoms. The number of ether oxygens (including phenoxy) is 3. The zero-order valence-electron chi connectivity index (χ0n) is 21.2. The van der Waals surface area contributed by atoms with Crippen LogP contribution < -0.4 is 19.8 Å². The van der Waals surface area contributed by atoms with Crippen LogP contribution in [0, 0.1) is 0 Å². The third kappa shape index (κ3) is 5.00. The van der Waals surface area contributed by atoms with Crippen LogP contribution >= 0.6 is 31.9 Å². The smallest absolute Gasteiger partial charge is 0.282 e. The molecule has 0 saturated carbocycles. The van der Waals surface area contributed by atoms with Gasteiger partial charge in [0.1, 0.15) is 17.9 Å². The van der Waals surface area contributed by atoms with E-state index in [1.54, 1.807) is 24.4 Å². The van der Waals surface area contributed by atoms with Crippen molar-refractivity contribution >= 4 is 59.9 Å². The summed E-state index contributed by atoms with van der Waals surface area (Å²) in [5.74, 6) is 2.85. The largest absolute Gasteiger partial charge is 0.488 e. The molecule has 0 amide bonds. The van der Waals surface area contributed by atoms with Crippen LogP contribution in [0.4, 0.5) is 0 Å². The van der Waals surface area contributed by atoms with Gasteiger partial charge in [-0.2, -0.15) is 9.78 Å². The number of para-hydroxylation sites is 1. The van der Waals surface area contributed by atoms with E-state index < -0.39 is 0 Å². The second-order valence-electron chi connectivity index (χ2n) is 9.27. The van der Waals surface area contributed by atoms with E-state index in [2.05, 4.69) is 37.0 Å². The maximum Gasteiger partial charge on any atom is 0.282 e. The molecule has 202 valence electrons. The first kappa shape index (κ1) is 25.6. The fourth-order valence-electron chi connectivity index (χ4n) is 4.55. The van der Waals surface area contributed by atoms with Gasteiger partial charge in [0.25, 0.3) is 5.56 Å². The number of halogens is 2. The zero-order chi connectivity index (χ0) is 27.9.